The molecular formula is C12H14FNO2S. The molecule has 0 radical (unpaired) electrons. The molecule has 1 rings (SSSR count). The number of thiol groups is 1. The number of nitriles is 1. The minimum atomic E-state index is -1.29. The van der Waals surface area contributed by atoms with E-state index < -0.39 is 18.0 Å². The zero-order valence-electron chi connectivity index (χ0n) is 9.17. The van der Waals surface area contributed by atoms with Crippen molar-refractivity contribution in [3.05, 3.63) is 35.1 Å². The van der Waals surface area contributed by atoms with Crippen LogP contribution in [0.2, 0.25) is 0 Å². The summed E-state index contributed by atoms with van der Waals surface area (Å²) in [6, 6.07) is 6.03. The number of halogens is 1. The van der Waals surface area contributed by atoms with Crippen LogP contribution >= 0.6 is 12.6 Å². The van der Waals surface area contributed by atoms with Crippen molar-refractivity contribution in [3.63, 3.8) is 0 Å². The van der Waals surface area contributed by atoms with Gasteiger partial charge in [0.05, 0.1) is 18.6 Å². The summed E-state index contributed by atoms with van der Waals surface area (Å²) in [5.74, 6) is -0.185. The lowest BCUT2D eigenvalue weighted by Crippen LogP contribution is -2.20. The van der Waals surface area contributed by atoms with E-state index in [9.17, 15) is 14.6 Å². The van der Waals surface area contributed by atoms with E-state index in [1.807, 2.05) is 6.07 Å². The Bertz CT molecular complexity index is 419. The molecule has 0 amide bonds. The summed E-state index contributed by atoms with van der Waals surface area (Å²) in [4.78, 5) is 0. The largest absolute Gasteiger partial charge is 0.390 e. The number of hydrogen-bond donors (Lipinski definition) is 3. The second-order valence-corrected chi connectivity index (χ2v) is 4.16. The van der Waals surface area contributed by atoms with E-state index in [0.29, 0.717) is 11.3 Å². The number of aliphatic hydroxyl groups is 2. The summed E-state index contributed by atoms with van der Waals surface area (Å²) in [5.41, 5.74) is 0.632. The summed E-state index contributed by atoms with van der Waals surface area (Å²) in [6.07, 6.45) is -1.94. The molecule has 0 saturated carbocycles. The molecular weight excluding hydrogens is 241 g/mol. The van der Waals surface area contributed by atoms with Crippen molar-refractivity contribution >= 4 is 12.6 Å². The van der Waals surface area contributed by atoms with Crippen molar-refractivity contribution in [2.45, 2.75) is 25.0 Å². The second-order valence-electron chi connectivity index (χ2n) is 3.72. The van der Waals surface area contributed by atoms with E-state index in [1.54, 1.807) is 0 Å². The molecule has 0 aromatic heterocycles. The van der Waals surface area contributed by atoms with E-state index in [0.717, 1.165) is 0 Å². The van der Waals surface area contributed by atoms with Crippen LogP contribution in [0.1, 0.15) is 23.7 Å². The van der Waals surface area contributed by atoms with Gasteiger partial charge >= 0.3 is 0 Å². The Kier molecular flexibility index (Phi) is 5.42. The molecule has 0 aliphatic rings. The smallest absolute Gasteiger partial charge is 0.129 e. The Hall–Kier alpha value is -1.09. The van der Waals surface area contributed by atoms with Crippen LogP contribution in [0.4, 0.5) is 4.39 Å². The first kappa shape index (κ1) is 14.0. The van der Waals surface area contributed by atoms with Crippen molar-refractivity contribution < 1.29 is 14.6 Å². The average molecular weight is 255 g/mol. The van der Waals surface area contributed by atoms with Crippen molar-refractivity contribution in [1.29, 1.82) is 5.26 Å². The molecule has 0 heterocycles. The molecule has 0 spiro atoms. The third-order valence-corrected chi connectivity index (χ3v) is 2.71. The maximum atomic E-state index is 13.5. The molecule has 1 aromatic rings. The Morgan fingerprint density at radius 3 is 2.71 bits per heavy atom. The van der Waals surface area contributed by atoms with Crippen molar-refractivity contribution in [3.8, 4) is 6.07 Å². The molecule has 2 unspecified atom stereocenters. The van der Waals surface area contributed by atoms with Crippen LogP contribution in [0, 0.1) is 17.1 Å². The lowest BCUT2D eigenvalue weighted by Gasteiger charge is -2.18. The van der Waals surface area contributed by atoms with Crippen molar-refractivity contribution in [2.24, 2.45) is 0 Å². The highest BCUT2D eigenvalue weighted by molar-refractivity contribution is 7.80. The van der Waals surface area contributed by atoms with Crippen LogP contribution in [-0.4, -0.2) is 22.1 Å². The van der Waals surface area contributed by atoms with Crippen molar-refractivity contribution in [2.75, 3.05) is 5.75 Å². The highest BCUT2D eigenvalue weighted by Gasteiger charge is 2.21. The lowest BCUT2D eigenvalue weighted by atomic mass is 9.99. The fraction of sp³-hybridized carbons (Fsp3) is 0.417. The van der Waals surface area contributed by atoms with Gasteiger partial charge in [0.2, 0.25) is 0 Å². The van der Waals surface area contributed by atoms with E-state index >= 15 is 0 Å². The Morgan fingerprint density at radius 2 is 2.12 bits per heavy atom. The first-order valence-electron chi connectivity index (χ1n) is 5.22. The number of hydrogen-bond acceptors (Lipinski definition) is 4. The van der Waals surface area contributed by atoms with Gasteiger partial charge in [-0.15, -0.1) is 0 Å². The molecule has 3 nitrogen and oxygen atoms in total. The van der Waals surface area contributed by atoms with E-state index in [1.165, 1.54) is 18.2 Å². The van der Waals surface area contributed by atoms with Crippen LogP contribution < -0.4 is 0 Å². The zero-order valence-corrected chi connectivity index (χ0v) is 10.1. The van der Waals surface area contributed by atoms with Gasteiger partial charge in [0.1, 0.15) is 11.9 Å². The fourth-order valence-corrected chi connectivity index (χ4v) is 1.78. The zero-order chi connectivity index (χ0) is 12.8. The van der Waals surface area contributed by atoms with Crippen LogP contribution in [0.25, 0.3) is 0 Å². The van der Waals surface area contributed by atoms with Crippen LogP contribution in [0.5, 0.6) is 0 Å². The summed E-state index contributed by atoms with van der Waals surface area (Å²) in [6.45, 7) is 0. The Balaban J connectivity index is 2.95. The van der Waals surface area contributed by atoms with Gasteiger partial charge in [-0.3, -0.25) is 0 Å². The lowest BCUT2D eigenvalue weighted by molar-refractivity contribution is 0.0151. The molecule has 2 atom stereocenters. The predicted octanol–water partition coefficient (Wildman–Crippen LogP) is 1.61. The van der Waals surface area contributed by atoms with Gasteiger partial charge in [-0.2, -0.15) is 17.9 Å². The van der Waals surface area contributed by atoms with Crippen molar-refractivity contribution in [1.82, 2.24) is 0 Å². The number of nitrogens with zero attached hydrogens (tertiary/aromatic N) is 1. The topological polar surface area (TPSA) is 64.2 Å². The number of aliphatic hydroxyl groups excluding tert-OH is 2. The van der Waals surface area contributed by atoms with E-state index in [2.05, 4.69) is 12.6 Å². The minimum Gasteiger partial charge on any atom is -0.390 e. The van der Waals surface area contributed by atoms with Gasteiger partial charge < -0.3 is 10.2 Å². The molecule has 2 N–H and O–H groups in total. The first-order chi connectivity index (χ1) is 8.10. The third-order valence-electron chi connectivity index (χ3n) is 2.45. The van der Waals surface area contributed by atoms with E-state index in [-0.39, 0.29) is 18.4 Å². The average Bonchev–Trinajstić information content (AvgIpc) is 2.31. The molecule has 0 bridgehead atoms. The van der Waals surface area contributed by atoms with Crippen LogP contribution in [0.15, 0.2) is 18.2 Å². The van der Waals surface area contributed by atoms with Gasteiger partial charge in [-0.05, 0) is 29.9 Å². The van der Waals surface area contributed by atoms with Gasteiger partial charge in [0.15, 0.2) is 0 Å². The van der Waals surface area contributed by atoms with Gasteiger partial charge in [-0.25, -0.2) is 4.39 Å². The normalized spacial score (nSPS) is 14.1. The Labute approximate surface area is 105 Å². The standard InChI is InChI=1S/C12H14FNO2S/c13-10-2-1-8(3-5-14)7-9(10)12(16)11(15)4-6-17/h1-2,7,11-12,15-17H,3-4,6H2. The van der Waals surface area contributed by atoms with Gasteiger partial charge in [-0.1, -0.05) is 6.07 Å². The minimum absolute atomic E-state index is 0.0204. The SMILES string of the molecule is N#CCc1ccc(F)c(C(O)C(O)CCS)c1. The molecule has 17 heavy (non-hydrogen) atoms. The molecule has 92 valence electrons. The summed E-state index contributed by atoms with van der Waals surface area (Å²) < 4.78 is 13.5. The predicted molar refractivity (Wildman–Crippen MR) is 65.2 cm³/mol. The highest BCUT2D eigenvalue weighted by atomic mass is 32.1. The quantitative estimate of drug-likeness (QED) is 0.700. The van der Waals surface area contributed by atoms with Crippen LogP contribution in [-0.2, 0) is 6.42 Å². The number of benzene rings is 1. The van der Waals surface area contributed by atoms with Gasteiger partial charge in [0, 0.05) is 5.56 Å². The summed E-state index contributed by atoms with van der Waals surface area (Å²) in [5, 5.41) is 27.9. The van der Waals surface area contributed by atoms with Gasteiger partial charge in [0.25, 0.3) is 0 Å². The Morgan fingerprint density at radius 1 is 1.41 bits per heavy atom. The number of rotatable bonds is 5. The van der Waals surface area contributed by atoms with E-state index in [4.69, 9.17) is 5.26 Å². The fourth-order valence-electron chi connectivity index (χ4n) is 1.52. The molecule has 5 heteroatoms. The first-order valence-corrected chi connectivity index (χ1v) is 5.85. The maximum absolute atomic E-state index is 13.5. The summed E-state index contributed by atoms with van der Waals surface area (Å²) >= 11 is 3.94. The molecule has 0 fully saturated rings. The third kappa shape index (κ3) is 3.70. The van der Waals surface area contributed by atoms with Crippen LogP contribution in [0.3, 0.4) is 0 Å². The summed E-state index contributed by atoms with van der Waals surface area (Å²) in [7, 11) is 0. The monoisotopic (exact) mass is 255 g/mol. The molecule has 1 aromatic carbocycles. The highest BCUT2D eigenvalue weighted by Crippen LogP contribution is 2.23. The molecule has 0 aliphatic heterocycles. The maximum Gasteiger partial charge on any atom is 0.129 e. The molecule has 0 saturated heterocycles. The second kappa shape index (κ2) is 6.60. The molecule has 0 aliphatic carbocycles.